The molecule has 0 radical (unpaired) electrons. The van der Waals surface area contributed by atoms with Crippen molar-refractivity contribution in [2.45, 2.75) is 39.2 Å². The Morgan fingerprint density at radius 2 is 2.16 bits per heavy atom. The van der Waals surface area contributed by atoms with E-state index >= 15 is 0 Å². The molecule has 0 aromatic carbocycles. The SMILES string of the molecule is Cn1cnnc1CCNCc1nc(C(C)(C)C)cs1. The quantitative estimate of drug-likeness (QED) is 0.849. The van der Waals surface area contributed by atoms with Crippen LogP contribution in [0.5, 0.6) is 0 Å². The zero-order chi connectivity index (χ0) is 13.9. The van der Waals surface area contributed by atoms with Crippen molar-refractivity contribution in [3.63, 3.8) is 0 Å². The van der Waals surface area contributed by atoms with E-state index in [4.69, 9.17) is 0 Å². The predicted octanol–water partition coefficient (Wildman–Crippen LogP) is 1.90. The summed E-state index contributed by atoms with van der Waals surface area (Å²) in [5.74, 6) is 1.00. The lowest BCUT2D eigenvalue weighted by molar-refractivity contribution is 0.568. The minimum atomic E-state index is 0.132. The zero-order valence-corrected chi connectivity index (χ0v) is 12.8. The Bertz CT molecular complexity index is 523. The van der Waals surface area contributed by atoms with Crippen LogP contribution in [-0.2, 0) is 25.4 Å². The van der Waals surface area contributed by atoms with Crippen molar-refractivity contribution >= 4 is 11.3 Å². The average Bonchev–Trinajstić information content (AvgIpc) is 2.93. The molecule has 2 aromatic heterocycles. The van der Waals surface area contributed by atoms with Gasteiger partial charge in [0.15, 0.2) is 0 Å². The van der Waals surface area contributed by atoms with E-state index in [0.717, 1.165) is 30.3 Å². The van der Waals surface area contributed by atoms with Crippen LogP contribution in [-0.4, -0.2) is 26.3 Å². The fraction of sp³-hybridized carbons (Fsp3) is 0.615. The molecule has 0 aliphatic heterocycles. The molecule has 0 unspecified atom stereocenters. The van der Waals surface area contributed by atoms with Crippen LogP contribution in [0.15, 0.2) is 11.7 Å². The largest absolute Gasteiger partial charge is 0.321 e. The molecule has 19 heavy (non-hydrogen) atoms. The molecule has 0 saturated carbocycles. The van der Waals surface area contributed by atoms with Crippen LogP contribution in [0.3, 0.4) is 0 Å². The number of nitrogens with one attached hydrogen (secondary N) is 1. The van der Waals surface area contributed by atoms with E-state index in [2.05, 4.69) is 46.6 Å². The monoisotopic (exact) mass is 279 g/mol. The lowest BCUT2D eigenvalue weighted by Gasteiger charge is -2.14. The van der Waals surface area contributed by atoms with Crippen molar-refractivity contribution in [2.75, 3.05) is 6.54 Å². The maximum absolute atomic E-state index is 4.66. The summed E-state index contributed by atoms with van der Waals surface area (Å²) < 4.78 is 1.95. The van der Waals surface area contributed by atoms with Crippen LogP contribution in [0.25, 0.3) is 0 Å². The van der Waals surface area contributed by atoms with E-state index in [9.17, 15) is 0 Å². The molecule has 5 nitrogen and oxygen atoms in total. The maximum Gasteiger partial charge on any atom is 0.133 e. The van der Waals surface area contributed by atoms with E-state index in [1.54, 1.807) is 17.7 Å². The van der Waals surface area contributed by atoms with Gasteiger partial charge in [0.2, 0.25) is 0 Å². The van der Waals surface area contributed by atoms with E-state index in [0.29, 0.717) is 0 Å². The summed E-state index contributed by atoms with van der Waals surface area (Å²) in [5, 5.41) is 14.6. The highest BCUT2D eigenvalue weighted by Gasteiger charge is 2.17. The number of rotatable bonds is 5. The molecule has 1 N–H and O–H groups in total. The Morgan fingerprint density at radius 3 is 2.74 bits per heavy atom. The van der Waals surface area contributed by atoms with E-state index in [1.807, 2.05) is 11.6 Å². The standard InChI is InChI=1S/C13H21N5S/c1-13(2,3)10-8-19-12(16-10)7-14-6-5-11-17-15-9-18(11)4/h8-9,14H,5-7H2,1-4H3. The number of thiazole rings is 1. The Balaban J connectivity index is 1.77. The zero-order valence-electron chi connectivity index (χ0n) is 12.0. The van der Waals surface area contributed by atoms with Gasteiger partial charge in [-0.1, -0.05) is 20.8 Å². The van der Waals surface area contributed by atoms with Gasteiger partial charge in [-0.15, -0.1) is 21.5 Å². The van der Waals surface area contributed by atoms with Gasteiger partial charge in [0.05, 0.1) is 5.69 Å². The maximum atomic E-state index is 4.66. The van der Waals surface area contributed by atoms with Crippen molar-refractivity contribution in [2.24, 2.45) is 7.05 Å². The van der Waals surface area contributed by atoms with E-state index < -0.39 is 0 Å². The molecule has 6 heteroatoms. The summed E-state index contributed by atoms with van der Waals surface area (Å²) in [7, 11) is 1.96. The van der Waals surface area contributed by atoms with Gasteiger partial charge in [0.1, 0.15) is 17.2 Å². The second-order valence-electron chi connectivity index (χ2n) is 5.66. The highest BCUT2D eigenvalue weighted by Crippen LogP contribution is 2.23. The first-order valence-corrected chi connectivity index (χ1v) is 7.33. The molecular weight excluding hydrogens is 258 g/mol. The Hall–Kier alpha value is -1.27. The number of aromatic nitrogens is 4. The van der Waals surface area contributed by atoms with Gasteiger partial charge in [-0.25, -0.2) is 4.98 Å². The molecule has 0 fully saturated rings. The summed E-state index contributed by atoms with van der Waals surface area (Å²) in [6, 6.07) is 0. The van der Waals surface area contributed by atoms with Gasteiger partial charge in [0.25, 0.3) is 0 Å². The van der Waals surface area contributed by atoms with Crippen molar-refractivity contribution < 1.29 is 0 Å². The predicted molar refractivity (Wildman–Crippen MR) is 77.2 cm³/mol. The average molecular weight is 279 g/mol. The molecule has 0 bridgehead atoms. The molecule has 2 rings (SSSR count). The van der Waals surface area contributed by atoms with Gasteiger partial charge in [0, 0.05) is 37.4 Å². The van der Waals surface area contributed by atoms with Crippen molar-refractivity contribution in [3.05, 3.63) is 28.2 Å². The van der Waals surface area contributed by atoms with Crippen molar-refractivity contribution in [1.82, 2.24) is 25.1 Å². The lowest BCUT2D eigenvalue weighted by atomic mass is 9.93. The minimum Gasteiger partial charge on any atom is -0.321 e. The van der Waals surface area contributed by atoms with Gasteiger partial charge in [-0.2, -0.15) is 0 Å². The topological polar surface area (TPSA) is 55.6 Å². The van der Waals surface area contributed by atoms with E-state index in [1.165, 1.54) is 5.69 Å². The summed E-state index contributed by atoms with van der Waals surface area (Å²) in [5.41, 5.74) is 1.30. The number of aryl methyl sites for hydroxylation is 1. The van der Waals surface area contributed by atoms with Crippen LogP contribution < -0.4 is 5.32 Å². The van der Waals surface area contributed by atoms with Crippen LogP contribution >= 0.6 is 11.3 Å². The van der Waals surface area contributed by atoms with Crippen LogP contribution in [0.1, 0.15) is 37.3 Å². The fourth-order valence-electron chi connectivity index (χ4n) is 1.67. The number of hydrogen-bond acceptors (Lipinski definition) is 5. The molecular formula is C13H21N5S. The molecule has 0 saturated heterocycles. The Labute approximate surface area is 118 Å². The van der Waals surface area contributed by atoms with Gasteiger partial charge in [-0.3, -0.25) is 0 Å². The van der Waals surface area contributed by atoms with Gasteiger partial charge in [-0.05, 0) is 0 Å². The summed E-state index contributed by atoms with van der Waals surface area (Å²) >= 11 is 1.72. The third kappa shape index (κ3) is 3.84. The van der Waals surface area contributed by atoms with Crippen molar-refractivity contribution in [3.8, 4) is 0 Å². The normalized spacial score (nSPS) is 12.0. The minimum absolute atomic E-state index is 0.132. The molecule has 0 aliphatic carbocycles. The highest BCUT2D eigenvalue weighted by atomic mass is 32.1. The van der Waals surface area contributed by atoms with Gasteiger partial charge >= 0.3 is 0 Å². The molecule has 2 aromatic rings. The first-order chi connectivity index (χ1) is 8.97. The molecule has 0 aliphatic rings. The highest BCUT2D eigenvalue weighted by molar-refractivity contribution is 7.09. The molecule has 104 valence electrons. The number of hydrogen-bond donors (Lipinski definition) is 1. The first kappa shape index (κ1) is 14.1. The third-order valence-electron chi connectivity index (χ3n) is 2.93. The van der Waals surface area contributed by atoms with Crippen LogP contribution in [0.4, 0.5) is 0 Å². The van der Waals surface area contributed by atoms with Crippen LogP contribution in [0.2, 0.25) is 0 Å². The molecule has 0 spiro atoms. The van der Waals surface area contributed by atoms with Crippen LogP contribution in [0, 0.1) is 0 Å². The summed E-state index contributed by atoms with van der Waals surface area (Å²) in [4.78, 5) is 4.66. The smallest absolute Gasteiger partial charge is 0.133 e. The molecule has 0 amide bonds. The molecule has 0 atom stereocenters. The third-order valence-corrected chi connectivity index (χ3v) is 3.78. The lowest BCUT2D eigenvalue weighted by Crippen LogP contribution is -2.18. The Morgan fingerprint density at radius 1 is 1.37 bits per heavy atom. The van der Waals surface area contributed by atoms with E-state index in [-0.39, 0.29) is 5.41 Å². The number of nitrogens with zero attached hydrogens (tertiary/aromatic N) is 4. The Kier molecular flexibility index (Phi) is 4.31. The first-order valence-electron chi connectivity index (χ1n) is 6.45. The van der Waals surface area contributed by atoms with Gasteiger partial charge < -0.3 is 9.88 Å². The summed E-state index contributed by atoms with van der Waals surface area (Å²) in [6.07, 6.45) is 2.61. The second kappa shape index (κ2) is 5.79. The van der Waals surface area contributed by atoms with Crippen molar-refractivity contribution in [1.29, 1.82) is 0 Å². The molecule has 2 heterocycles. The summed E-state index contributed by atoms with van der Waals surface area (Å²) in [6.45, 7) is 8.27. The fourth-order valence-corrected chi connectivity index (χ4v) is 2.66. The second-order valence-corrected chi connectivity index (χ2v) is 6.60.